The minimum atomic E-state index is -0.204. The largest absolute Gasteiger partial charge is 0.301 e. The summed E-state index contributed by atoms with van der Waals surface area (Å²) in [6.45, 7) is 6.07. The van der Waals surface area contributed by atoms with Gasteiger partial charge in [0.25, 0.3) is 5.56 Å². The SMILES string of the molecule is CCCc1cc(=O)[nH]c(SCC(=O)Nc2nnc(C(C)C)s2)n1. The van der Waals surface area contributed by atoms with Gasteiger partial charge in [0.2, 0.25) is 11.0 Å². The molecule has 0 radical (unpaired) electrons. The maximum absolute atomic E-state index is 11.9. The molecule has 0 saturated heterocycles. The van der Waals surface area contributed by atoms with Crippen molar-refractivity contribution in [3.8, 4) is 0 Å². The van der Waals surface area contributed by atoms with E-state index in [1.807, 2.05) is 20.8 Å². The van der Waals surface area contributed by atoms with Crippen LogP contribution in [0.1, 0.15) is 43.8 Å². The van der Waals surface area contributed by atoms with Crippen LogP contribution in [0.25, 0.3) is 0 Å². The first-order valence-electron chi connectivity index (χ1n) is 7.34. The Morgan fingerprint density at radius 1 is 1.43 bits per heavy atom. The van der Waals surface area contributed by atoms with Crippen molar-refractivity contribution in [3.63, 3.8) is 0 Å². The van der Waals surface area contributed by atoms with Crippen molar-refractivity contribution in [1.82, 2.24) is 20.2 Å². The molecule has 2 heterocycles. The Morgan fingerprint density at radius 2 is 2.22 bits per heavy atom. The van der Waals surface area contributed by atoms with E-state index in [9.17, 15) is 9.59 Å². The van der Waals surface area contributed by atoms with Crippen LogP contribution in [-0.2, 0) is 11.2 Å². The number of rotatable bonds is 7. The molecule has 0 aromatic carbocycles. The zero-order chi connectivity index (χ0) is 16.8. The summed E-state index contributed by atoms with van der Waals surface area (Å²) in [5, 5.41) is 12.5. The van der Waals surface area contributed by atoms with Crippen LogP contribution in [0.3, 0.4) is 0 Å². The van der Waals surface area contributed by atoms with E-state index in [0.717, 1.165) is 23.5 Å². The number of anilines is 1. The minimum Gasteiger partial charge on any atom is -0.301 e. The molecular weight excluding hydrogens is 334 g/mol. The van der Waals surface area contributed by atoms with Crippen LogP contribution in [-0.4, -0.2) is 31.8 Å². The average molecular weight is 353 g/mol. The van der Waals surface area contributed by atoms with Crippen LogP contribution in [0.15, 0.2) is 16.0 Å². The molecule has 9 heteroatoms. The van der Waals surface area contributed by atoms with Crippen LogP contribution in [0, 0.1) is 0 Å². The van der Waals surface area contributed by atoms with Gasteiger partial charge in [-0.05, 0) is 6.42 Å². The highest BCUT2D eigenvalue weighted by Gasteiger charge is 2.11. The number of hydrogen-bond acceptors (Lipinski definition) is 7. The monoisotopic (exact) mass is 353 g/mol. The smallest absolute Gasteiger partial charge is 0.251 e. The lowest BCUT2D eigenvalue weighted by molar-refractivity contribution is -0.113. The first-order chi connectivity index (χ1) is 11.0. The van der Waals surface area contributed by atoms with E-state index in [4.69, 9.17) is 0 Å². The number of aromatic amines is 1. The Hall–Kier alpha value is -1.74. The number of aryl methyl sites for hydroxylation is 1. The lowest BCUT2D eigenvalue weighted by Crippen LogP contribution is -2.15. The molecule has 0 fully saturated rings. The van der Waals surface area contributed by atoms with Crippen molar-refractivity contribution < 1.29 is 4.79 Å². The summed E-state index contributed by atoms with van der Waals surface area (Å²) in [6, 6.07) is 1.49. The van der Waals surface area contributed by atoms with E-state index in [0.29, 0.717) is 10.3 Å². The third kappa shape index (κ3) is 5.43. The standard InChI is InChI=1S/C14H19N5O2S2/c1-4-5-9-6-10(20)16-13(15-9)22-7-11(21)17-14-19-18-12(23-14)8(2)3/h6,8H,4-5,7H2,1-3H3,(H,15,16,20)(H,17,19,21). The average Bonchev–Trinajstić information content (AvgIpc) is 2.94. The molecule has 23 heavy (non-hydrogen) atoms. The van der Waals surface area contributed by atoms with Gasteiger partial charge in [0.15, 0.2) is 5.16 Å². The molecule has 0 aliphatic carbocycles. The third-order valence-electron chi connectivity index (χ3n) is 2.80. The molecule has 0 bridgehead atoms. The summed E-state index contributed by atoms with van der Waals surface area (Å²) in [5.41, 5.74) is 0.543. The number of amides is 1. The van der Waals surface area contributed by atoms with Gasteiger partial charge in [-0.1, -0.05) is 50.3 Å². The number of H-pyrrole nitrogens is 1. The Labute approximate surface area is 142 Å². The van der Waals surface area contributed by atoms with Gasteiger partial charge in [0.1, 0.15) is 5.01 Å². The normalized spacial score (nSPS) is 11.0. The lowest BCUT2D eigenvalue weighted by atomic mass is 10.2. The number of aromatic nitrogens is 4. The topological polar surface area (TPSA) is 101 Å². The van der Waals surface area contributed by atoms with E-state index in [2.05, 4.69) is 25.5 Å². The number of hydrogen-bond donors (Lipinski definition) is 2. The predicted molar refractivity (Wildman–Crippen MR) is 92.2 cm³/mol. The molecule has 0 spiro atoms. The molecule has 0 unspecified atom stereocenters. The highest BCUT2D eigenvalue weighted by molar-refractivity contribution is 7.99. The zero-order valence-corrected chi connectivity index (χ0v) is 14.9. The number of carbonyl (C=O) groups is 1. The van der Waals surface area contributed by atoms with E-state index in [1.165, 1.54) is 29.2 Å². The fraction of sp³-hybridized carbons (Fsp3) is 0.500. The van der Waals surface area contributed by atoms with Crippen LogP contribution in [0.4, 0.5) is 5.13 Å². The second kappa shape index (κ2) is 8.21. The van der Waals surface area contributed by atoms with Gasteiger partial charge in [-0.25, -0.2) is 4.98 Å². The maximum atomic E-state index is 11.9. The number of nitrogens with one attached hydrogen (secondary N) is 2. The lowest BCUT2D eigenvalue weighted by Gasteiger charge is -2.03. The van der Waals surface area contributed by atoms with Crippen molar-refractivity contribution in [3.05, 3.63) is 27.1 Å². The van der Waals surface area contributed by atoms with Crippen molar-refractivity contribution in [2.45, 2.75) is 44.7 Å². The molecule has 0 atom stereocenters. The van der Waals surface area contributed by atoms with Crippen molar-refractivity contribution in [2.24, 2.45) is 0 Å². The molecule has 2 N–H and O–H groups in total. The summed E-state index contributed by atoms with van der Waals surface area (Å²) in [5.74, 6) is 0.225. The summed E-state index contributed by atoms with van der Waals surface area (Å²) in [4.78, 5) is 30.5. The van der Waals surface area contributed by atoms with Gasteiger partial charge in [-0.15, -0.1) is 10.2 Å². The summed E-state index contributed by atoms with van der Waals surface area (Å²) < 4.78 is 0. The number of nitrogens with zero attached hydrogens (tertiary/aromatic N) is 3. The Bertz CT molecular complexity index is 726. The molecule has 2 aromatic rings. The molecule has 0 aliphatic heterocycles. The quantitative estimate of drug-likeness (QED) is 0.586. The molecule has 0 aliphatic rings. The van der Waals surface area contributed by atoms with Gasteiger partial charge >= 0.3 is 0 Å². The number of thioether (sulfide) groups is 1. The molecule has 1 amide bonds. The molecule has 2 rings (SSSR count). The van der Waals surface area contributed by atoms with E-state index in [-0.39, 0.29) is 23.1 Å². The zero-order valence-electron chi connectivity index (χ0n) is 13.3. The fourth-order valence-corrected chi connectivity index (χ4v) is 3.20. The summed E-state index contributed by atoms with van der Waals surface area (Å²) in [6.07, 6.45) is 1.66. The second-order valence-electron chi connectivity index (χ2n) is 5.23. The van der Waals surface area contributed by atoms with Crippen LogP contribution >= 0.6 is 23.1 Å². The van der Waals surface area contributed by atoms with Crippen molar-refractivity contribution in [2.75, 3.05) is 11.1 Å². The second-order valence-corrected chi connectivity index (χ2v) is 7.20. The van der Waals surface area contributed by atoms with Gasteiger partial charge in [-0.2, -0.15) is 0 Å². The first kappa shape index (κ1) is 17.6. The Balaban J connectivity index is 1.92. The maximum Gasteiger partial charge on any atom is 0.251 e. The van der Waals surface area contributed by atoms with Crippen LogP contribution in [0.2, 0.25) is 0 Å². The fourth-order valence-electron chi connectivity index (χ4n) is 1.74. The van der Waals surface area contributed by atoms with E-state index < -0.39 is 0 Å². The van der Waals surface area contributed by atoms with Gasteiger partial charge in [0.05, 0.1) is 5.75 Å². The van der Waals surface area contributed by atoms with Crippen molar-refractivity contribution >= 4 is 34.1 Å². The minimum absolute atomic E-state index is 0.148. The van der Waals surface area contributed by atoms with Crippen LogP contribution < -0.4 is 10.9 Å². The van der Waals surface area contributed by atoms with Gasteiger partial charge < -0.3 is 4.98 Å². The highest BCUT2D eigenvalue weighted by atomic mass is 32.2. The predicted octanol–water partition coefficient (Wildman–Crippen LogP) is 2.43. The molecule has 7 nitrogen and oxygen atoms in total. The van der Waals surface area contributed by atoms with E-state index in [1.54, 1.807) is 0 Å². The molecular formula is C14H19N5O2S2. The first-order valence-corrected chi connectivity index (χ1v) is 9.14. The molecule has 0 saturated carbocycles. The van der Waals surface area contributed by atoms with E-state index >= 15 is 0 Å². The summed E-state index contributed by atoms with van der Waals surface area (Å²) in [7, 11) is 0. The van der Waals surface area contributed by atoms with Crippen LogP contribution in [0.5, 0.6) is 0 Å². The highest BCUT2D eigenvalue weighted by Crippen LogP contribution is 2.22. The number of carbonyl (C=O) groups excluding carboxylic acids is 1. The molecule has 124 valence electrons. The van der Waals surface area contributed by atoms with Gasteiger partial charge in [0, 0.05) is 17.7 Å². The van der Waals surface area contributed by atoms with Crippen molar-refractivity contribution in [1.29, 1.82) is 0 Å². The summed E-state index contributed by atoms with van der Waals surface area (Å²) >= 11 is 2.56. The van der Waals surface area contributed by atoms with Gasteiger partial charge in [-0.3, -0.25) is 14.9 Å². The molecule has 2 aromatic heterocycles. The Morgan fingerprint density at radius 3 is 2.87 bits per heavy atom. The third-order valence-corrected chi connectivity index (χ3v) is 4.81. The Kier molecular flexibility index (Phi) is 6.28.